The van der Waals surface area contributed by atoms with Gasteiger partial charge in [0.15, 0.2) is 5.65 Å². The summed E-state index contributed by atoms with van der Waals surface area (Å²) in [5.74, 6) is -0.738. The van der Waals surface area contributed by atoms with Crippen LogP contribution in [0, 0.1) is 5.82 Å². The third kappa shape index (κ3) is 3.72. The van der Waals surface area contributed by atoms with Crippen LogP contribution >= 0.6 is 0 Å². The molecule has 4 heterocycles. The molecule has 3 aromatic heterocycles. The molecule has 1 aliphatic heterocycles. The van der Waals surface area contributed by atoms with Gasteiger partial charge < -0.3 is 15.7 Å². The Kier molecular flexibility index (Phi) is 5.38. The molecule has 0 saturated carbocycles. The summed E-state index contributed by atoms with van der Waals surface area (Å²) in [6.45, 7) is 4.67. The summed E-state index contributed by atoms with van der Waals surface area (Å²) in [7, 11) is 0. The fourth-order valence-corrected chi connectivity index (χ4v) is 4.02. The first kappa shape index (κ1) is 20.2. The maximum Gasteiger partial charge on any atom is 0.341 e. The van der Waals surface area contributed by atoms with Crippen molar-refractivity contribution in [1.29, 1.82) is 0 Å². The molecule has 0 aliphatic carbocycles. The summed E-state index contributed by atoms with van der Waals surface area (Å²) in [6, 6.07) is 1.38. The second-order valence-electron chi connectivity index (χ2n) is 7.90. The summed E-state index contributed by atoms with van der Waals surface area (Å²) >= 11 is 0. The van der Waals surface area contributed by atoms with E-state index < -0.39 is 5.97 Å². The number of fused-ring (bicyclic) bond motifs is 2. The van der Waals surface area contributed by atoms with Crippen LogP contribution in [0.3, 0.4) is 0 Å². The Bertz CT molecular complexity index is 1100. The first-order valence-electron chi connectivity index (χ1n) is 10.1. The Labute approximate surface area is 173 Å². The number of anilines is 1. The smallest absolute Gasteiger partial charge is 0.341 e. The van der Waals surface area contributed by atoms with Gasteiger partial charge in [-0.25, -0.2) is 18.7 Å². The number of nitrogens with two attached hydrogens (primary N) is 1. The Morgan fingerprint density at radius 2 is 2.17 bits per heavy atom. The highest BCUT2D eigenvalue weighted by Crippen LogP contribution is 2.34. The lowest BCUT2D eigenvalue weighted by Gasteiger charge is -2.36. The molecule has 0 amide bonds. The Morgan fingerprint density at radius 3 is 2.90 bits per heavy atom. The molecule has 158 valence electrons. The summed E-state index contributed by atoms with van der Waals surface area (Å²) in [6.07, 6.45) is 7.54. The van der Waals surface area contributed by atoms with Crippen molar-refractivity contribution in [1.82, 2.24) is 19.6 Å². The van der Waals surface area contributed by atoms with Gasteiger partial charge >= 0.3 is 5.97 Å². The van der Waals surface area contributed by atoms with Crippen molar-refractivity contribution in [3.05, 3.63) is 52.9 Å². The summed E-state index contributed by atoms with van der Waals surface area (Å²) in [5, 5.41) is 13.6. The monoisotopic (exact) mass is 412 g/mol. The van der Waals surface area contributed by atoms with Crippen LogP contribution in [-0.2, 0) is 12.8 Å². The van der Waals surface area contributed by atoms with E-state index in [1.165, 1.54) is 23.0 Å². The minimum absolute atomic E-state index is 0.0296. The van der Waals surface area contributed by atoms with Gasteiger partial charge in [0.05, 0.1) is 18.4 Å². The van der Waals surface area contributed by atoms with Gasteiger partial charge in [0.2, 0.25) is 0 Å². The fourth-order valence-electron chi connectivity index (χ4n) is 4.02. The second kappa shape index (κ2) is 7.98. The third-order valence-corrected chi connectivity index (χ3v) is 5.62. The SMILES string of the molecule is CC(c1cc(F)cnc1CC[C@@H](C)N)N1CCCc2cn3ncc(C(=O)O)c3nc21. The standard InChI is InChI=1S/C21H25FN6O2/c1-12(23)5-6-18-16(8-15(22)9-24-18)13(2)27-7-3-4-14-11-28-20(26-19(14)27)17(10-25-28)21(29)30/h8-13H,3-7,23H2,1-2H3,(H,29,30)/t12-,13?/m1/s1. The van der Waals surface area contributed by atoms with Gasteiger partial charge in [-0.15, -0.1) is 0 Å². The van der Waals surface area contributed by atoms with Gasteiger partial charge in [0.1, 0.15) is 17.2 Å². The van der Waals surface area contributed by atoms with E-state index in [-0.39, 0.29) is 23.5 Å². The third-order valence-electron chi connectivity index (χ3n) is 5.62. The van der Waals surface area contributed by atoms with Gasteiger partial charge in [-0.3, -0.25) is 4.98 Å². The average molecular weight is 412 g/mol. The van der Waals surface area contributed by atoms with Crippen LogP contribution in [0.4, 0.5) is 10.2 Å². The summed E-state index contributed by atoms with van der Waals surface area (Å²) < 4.78 is 15.6. The van der Waals surface area contributed by atoms with E-state index in [1.54, 1.807) is 0 Å². The van der Waals surface area contributed by atoms with Crippen molar-refractivity contribution < 1.29 is 14.3 Å². The van der Waals surface area contributed by atoms with Crippen molar-refractivity contribution in [2.45, 2.75) is 51.6 Å². The van der Waals surface area contributed by atoms with E-state index in [9.17, 15) is 14.3 Å². The first-order valence-corrected chi connectivity index (χ1v) is 10.1. The molecule has 0 bridgehead atoms. The van der Waals surface area contributed by atoms with E-state index in [2.05, 4.69) is 20.0 Å². The van der Waals surface area contributed by atoms with Crippen LogP contribution in [0.2, 0.25) is 0 Å². The topological polar surface area (TPSA) is 110 Å². The lowest BCUT2D eigenvalue weighted by Crippen LogP contribution is -2.34. The molecule has 0 saturated heterocycles. The number of hydrogen-bond acceptors (Lipinski definition) is 6. The van der Waals surface area contributed by atoms with Crippen molar-refractivity contribution in [2.75, 3.05) is 11.4 Å². The maximum absolute atomic E-state index is 14.1. The zero-order valence-corrected chi connectivity index (χ0v) is 17.0. The number of hydrogen-bond donors (Lipinski definition) is 2. The Hall–Kier alpha value is -3.07. The molecule has 0 fully saturated rings. The quantitative estimate of drug-likeness (QED) is 0.641. The average Bonchev–Trinajstić information content (AvgIpc) is 3.13. The molecule has 0 spiro atoms. The molecule has 9 heteroatoms. The van der Waals surface area contributed by atoms with Crippen molar-refractivity contribution in [2.24, 2.45) is 5.73 Å². The van der Waals surface area contributed by atoms with E-state index in [0.717, 1.165) is 42.6 Å². The normalized spacial score (nSPS) is 15.8. The van der Waals surface area contributed by atoms with E-state index >= 15 is 0 Å². The van der Waals surface area contributed by atoms with E-state index in [1.807, 2.05) is 20.0 Å². The molecule has 1 unspecified atom stereocenters. The van der Waals surface area contributed by atoms with Gasteiger partial charge in [0, 0.05) is 30.0 Å². The largest absolute Gasteiger partial charge is 0.477 e. The molecule has 1 aliphatic rings. The number of carboxylic acid groups (broad SMARTS) is 1. The zero-order chi connectivity index (χ0) is 21.4. The second-order valence-corrected chi connectivity index (χ2v) is 7.90. The van der Waals surface area contributed by atoms with Gasteiger partial charge in [0.25, 0.3) is 0 Å². The van der Waals surface area contributed by atoms with Crippen LogP contribution in [0.15, 0.2) is 24.7 Å². The number of carbonyl (C=O) groups is 1. The number of rotatable bonds is 6. The van der Waals surface area contributed by atoms with Crippen LogP contribution in [0.5, 0.6) is 0 Å². The van der Waals surface area contributed by atoms with Crippen molar-refractivity contribution in [3.8, 4) is 0 Å². The van der Waals surface area contributed by atoms with Crippen molar-refractivity contribution >= 4 is 17.4 Å². The molecule has 0 radical (unpaired) electrons. The number of aryl methyl sites for hydroxylation is 2. The molecule has 3 aromatic rings. The molecule has 30 heavy (non-hydrogen) atoms. The fraction of sp³-hybridized carbons (Fsp3) is 0.429. The van der Waals surface area contributed by atoms with Gasteiger partial charge in [-0.05, 0) is 51.2 Å². The summed E-state index contributed by atoms with van der Waals surface area (Å²) in [5.41, 5.74) is 8.88. The Morgan fingerprint density at radius 1 is 1.37 bits per heavy atom. The number of halogens is 1. The molecular formula is C21H25FN6O2. The molecule has 0 aromatic carbocycles. The lowest BCUT2D eigenvalue weighted by molar-refractivity contribution is 0.0698. The zero-order valence-electron chi connectivity index (χ0n) is 17.0. The van der Waals surface area contributed by atoms with Crippen LogP contribution < -0.4 is 10.6 Å². The summed E-state index contributed by atoms with van der Waals surface area (Å²) in [4.78, 5) is 22.6. The van der Waals surface area contributed by atoms with E-state index in [4.69, 9.17) is 5.73 Å². The minimum Gasteiger partial charge on any atom is -0.477 e. The number of pyridine rings is 1. The number of carboxylic acids is 1. The van der Waals surface area contributed by atoms with Crippen LogP contribution in [0.25, 0.3) is 5.65 Å². The highest BCUT2D eigenvalue weighted by Gasteiger charge is 2.28. The lowest BCUT2D eigenvalue weighted by atomic mass is 9.98. The highest BCUT2D eigenvalue weighted by molar-refractivity contribution is 5.94. The molecule has 3 N–H and O–H groups in total. The van der Waals surface area contributed by atoms with Crippen LogP contribution in [-0.4, -0.2) is 43.2 Å². The number of nitrogens with zero attached hydrogens (tertiary/aromatic N) is 5. The minimum atomic E-state index is -1.07. The predicted octanol–water partition coefficient (Wildman–Crippen LogP) is 2.76. The number of aromatic carboxylic acids is 1. The highest BCUT2D eigenvalue weighted by atomic mass is 19.1. The number of aromatic nitrogens is 4. The van der Waals surface area contributed by atoms with Gasteiger partial charge in [-0.2, -0.15) is 5.10 Å². The first-order chi connectivity index (χ1) is 14.3. The van der Waals surface area contributed by atoms with Crippen molar-refractivity contribution in [3.63, 3.8) is 0 Å². The Balaban J connectivity index is 1.76. The molecule has 8 nitrogen and oxygen atoms in total. The van der Waals surface area contributed by atoms with Crippen LogP contribution in [0.1, 0.15) is 59.9 Å². The predicted molar refractivity (Wildman–Crippen MR) is 110 cm³/mol. The molecule has 2 atom stereocenters. The van der Waals surface area contributed by atoms with E-state index in [0.29, 0.717) is 17.9 Å². The molecular weight excluding hydrogens is 387 g/mol. The molecule has 4 rings (SSSR count). The van der Waals surface area contributed by atoms with Gasteiger partial charge in [-0.1, -0.05) is 0 Å². The maximum atomic E-state index is 14.1.